The van der Waals surface area contributed by atoms with Crippen molar-refractivity contribution in [3.63, 3.8) is 0 Å². The Morgan fingerprint density at radius 1 is 1.00 bits per heavy atom. The number of carboxylic acids is 1. The van der Waals surface area contributed by atoms with Crippen LogP contribution in [0.25, 0.3) is 0 Å². The van der Waals surface area contributed by atoms with Crippen molar-refractivity contribution in [1.82, 2.24) is 4.90 Å². The summed E-state index contributed by atoms with van der Waals surface area (Å²) in [5.41, 5.74) is 3.78. The van der Waals surface area contributed by atoms with Crippen LogP contribution in [-0.2, 0) is 9.59 Å². The number of carbonyl (C=O) groups excluding carboxylic acids is 2. The number of aliphatic carboxylic acids is 1. The van der Waals surface area contributed by atoms with E-state index in [1.54, 1.807) is 0 Å². The minimum atomic E-state index is -1.07. The molecule has 5 heteroatoms. The second-order valence-electron chi connectivity index (χ2n) is 7.85. The third-order valence-corrected chi connectivity index (χ3v) is 6.52. The first kappa shape index (κ1) is 17.1. The number of allylic oxidation sites excluding steroid dienone is 2. The van der Waals surface area contributed by atoms with Crippen molar-refractivity contribution in [2.75, 3.05) is 31.1 Å². The average Bonchev–Trinajstić information content (AvgIpc) is 3.25. The van der Waals surface area contributed by atoms with Gasteiger partial charge in [-0.15, -0.1) is 0 Å². The Balaban J connectivity index is 1.45. The molecule has 0 N–H and O–H groups in total. The third kappa shape index (κ3) is 2.70. The molecule has 1 aliphatic heterocycles. The van der Waals surface area contributed by atoms with Gasteiger partial charge in [-0.05, 0) is 49.3 Å². The molecule has 0 spiro atoms. The summed E-state index contributed by atoms with van der Waals surface area (Å²) in [6, 6.07) is 6.31. The quantitative estimate of drug-likeness (QED) is 0.765. The molecular formula is C21H25N2O3-. The zero-order valence-corrected chi connectivity index (χ0v) is 15.4. The monoisotopic (exact) mass is 353 g/mol. The molecular weight excluding hydrogens is 328 g/mol. The fourth-order valence-corrected chi connectivity index (χ4v) is 4.94. The van der Waals surface area contributed by atoms with Gasteiger partial charge in [0, 0.05) is 43.8 Å². The normalized spacial score (nSPS) is 30.1. The summed E-state index contributed by atoms with van der Waals surface area (Å²) >= 11 is 0. The van der Waals surface area contributed by atoms with E-state index in [4.69, 9.17) is 0 Å². The molecule has 1 saturated carbocycles. The topological polar surface area (TPSA) is 63.7 Å². The van der Waals surface area contributed by atoms with Gasteiger partial charge in [0.25, 0.3) is 0 Å². The predicted molar refractivity (Wildman–Crippen MR) is 97.4 cm³/mol. The maximum atomic E-state index is 13.1. The Morgan fingerprint density at radius 3 is 2.31 bits per heavy atom. The van der Waals surface area contributed by atoms with Gasteiger partial charge in [0.2, 0.25) is 5.91 Å². The molecule has 138 valence electrons. The van der Waals surface area contributed by atoms with E-state index in [0.717, 1.165) is 19.5 Å². The molecule has 1 aromatic rings. The van der Waals surface area contributed by atoms with Crippen molar-refractivity contribution >= 4 is 17.6 Å². The second kappa shape index (κ2) is 6.45. The first-order valence-corrected chi connectivity index (χ1v) is 9.46. The van der Waals surface area contributed by atoms with Gasteiger partial charge < -0.3 is 19.7 Å². The van der Waals surface area contributed by atoms with Crippen molar-refractivity contribution in [1.29, 1.82) is 0 Å². The number of hydrogen-bond acceptors (Lipinski definition) is 4. The molecule has 2 bridgehead atoms. The minimum Gasteiger partial charge on any atom is -0.550 e. The minimum absolute atomic E-state index is 0.00309. The van der Waals surface area contributed by atoms with Gasteiger partial charge in [0.1, 0.15) is 0 Å². The van der Waals surface area contributed by atoms with Gasteiger partial charge in [-0.1, -0.05) is 24.3 Å². The van der Waals surface area contributed by atoms with E-state index in [-0.39, 0.29) is 17.7 Å². The molecule has 2 aliphatic carbocycles. The van der Waals surface area contributed by atoms with E-state index >= 15 is 0 Å². The van der Waals surface area contributed by atoms with Gasteiger partial charge >= 0.3 is 0 Å². The van der Waals surface area contributed by atoms with E-state index < -0.39 is 17.8 Å². The number of amides is 1. The number of anilines is 1. The van der Waals surface area contributed by atoms with Crippen LogP contribution < -0.4 is 10.0 Å². The largest absolute Gasteiger partial charge is 0.550 e. The molecule has 5 nitrogen and oxygen atoms in total. The number of aryl methyl sites for hydroxylation is 1. The van der Waals surface area contributed by atoms with Crippen LogP contribution in [0.3, 0.4) is 0 Å². The first-order chi connectivity index (χ1) is 12.5. The van der Waals surface area contributed by atoms with Crippen LogP contribution in [0.2, 0.25) is 0 Å². The SMILES string of the molecule is Cc1cccc(N2CCN(C(=O)[C@@H]3[C@@H](C(=O)[O-])[C@@H]4C=C[C@@H]3C4)CC2)c1C. The van der Waals surface area contributed by atoms with Gasteiger partial charge in [-0.2, -0.15) is 0 Å². The third-order valence-electron chi connectivity index (χ3n) is 6.52. The molecule has 1 aromatic carbocycles. The number of fused-ring (bicyclic) bond motifs is 2. The van der Waals surface area contributed by atoms with Crippen molar-refractivity contribution in [2.24, 2.45) is 23.7 Å². The summed E-state index contributed by atoms with van der Waals surface area (Å²) in [6.45, 7) is 7.09. The summed E-state index contributed by atoms with van der Waals surface area (Å²) in [7, 11) is 0. The molecule has 1 heterocycles. The lowest BCUT2D eigenvalue weighted by Crippen LogP contribution is -2.53. The molecule has 2 fully saturated rings. The van der Waals surface area contributed by atoms with Crippen molar-refractivity contribution in [2.45, 2.75) is 20.3 Å². The lowest BCUT2D eigenvalue weighted by atomic mass is 9.82. The fraction of sp³-hybridized carbons (Fsp3) is 0.524. The maximum absolute atomic E-state index is 13.1. The zero-order valence-electron chi connectivity index (χ0n) is 15.4. The van der Waals surface area contributed by atoms with Crippen LogP contribution >= 0.6 is 0 Å². The Morgan fingerprint density at radius 2 is 1.65 bits per heavy atom. The number of carbonyl (C=O) groups is 2. The van der Waals surface area contributed by atoms with Gasteiger partial charge in [0.15, 0.2) is 0 Å². The Labute approximate surface area is 154 Å². The Hall–Kier alpha value is -2.30. The van der Waals surface area contributed by atoms with Crippen LogP contribution in [0.4, 0.5) is 5.69 Å². The van der Waals surface area contributed by atoms with Crippen LogP contribution in [0, 0.1) is 37.5 Å². The second-order valence-corrected chi connectivity index (χ2v) is 7.85. The van der Waals surface area contributed by atoms with Crippen LogP contribution in [-0.4, -0.2) is 43.0 Å². The van der Waals surface area contributed by atoms with Crippen LogP contribution in [0.15, 0.2) is 30.4 Å². The zero-order chi connectivity index (χ0) is 18.4. The molecule has 0 radical (unpaired) electrons. The van der Waals surface area contributed by atoms with E-state index in [1.807, 2.05) is 17.1 Å². The Kier molecular flexibility index (Phi) is 4.25. The number of carboxylic acid groups (broad SMARTS) is 1. The standard InChI is InChI=1S/C21H26N2O3/c1-13-4-3-5-17(14(13)2)22-8-10-23(11-9-22)20(24)18-15-6-7-16(12-15)19(18)21(25)26/h3-7,15-16,18-19H,8-12H2,1-2H3,(H,25,26)/p-1/t15-,16-,18+,19+/m1/s1. The number of nitrogens with zero attached hydrogens (tertiary/aromatic N) is 2. The predicted octanol–water partition coefficient (Wildman–Crippen LogP) is 1.14. The number of rotatable bonds is 3. The lowest BCUT2D eigenvalue weighted by Gasteiger charge is -2.40. The summed E-state index contributed by atoms with van der Waals surface area (Å²) in [6.07, 6.45) is 4.75. The van der Waals surface area contributed by atoms with Gasteiger partial charge in [-0.25, -0.2) is 0 Å². The first-order valence-electron chi connectivity index (χ1n) is 9.46. The summed E-state index contributed by atoms with van der Waals surface area (Å²) in [4.78, 5) is 28.8. The maximum Gasteiger partial charge on any atom is 0.227 e. The molecule has 4 atom stereocenters. The Bertz CT molecular complexity index is 765. The van der Waals surface area contributed by atoms with E-state index in [2.05, 4.69) is 36.9 Å². The molecule has 0 aromatic heterocycles. The summed E-state index contributed by atoms with van der Waals surface area (Å²) < 4.78 is 0. The van der Waals surface area contributed by atoms with E-state index in [0.29, 0.717) is 13.1 Å². The molecule has 3 aliphatic rings. The van der Waals surface area contributed by atoms with Crippen molar-refractivity contribution in [3.05, 3.63) is 41.5 Å². The molecule has 26 heavy (non-hydrogen) atoms. The van der Waals surface area contributed by atoms with E-state index in [9.17, 15) is 14.7 Å². The highest BCUT2D eigenvalue weighted by atomic mass is 16.4. The van der Waals surface area contributed by atoms with Gasteiger partial charge in [-0.3, -0.25) is 4.79 Å². The highest BCUT2D eigenvalue weighted by molar-refractivity contribution is 5.86. The van der Waals surface area contributed by atoms with E-state index in [1.165, 1.54) is 16.8 Å². The number of benzene rings is 1. The fourth-order valence-electron chi connectivity index (χ4n) is 4.94. The molecule has 0 unspecified atom stereocenters. The van der Waals surface area contributed by atoms with Crippen molar-refractivity contribution < 1.29 is 14.7 Å². The number of hydrogen-bond donors (Lipinski definition) is 0. The summed E-state index contributed by atoms with van der Waals surface area (Å²) in [5, 5.41) is 11.6. The highest BCUT2D eigenvalue weighted by Gasteiger charge is 2.50. The number of piperazine rings is 1. The smallest absolute Gasteiger partial charge is 0.227 e. The lowest BCUT2D eigenvalue weighted by molar-refractivity contribution is -0.313. The molecule has 1 amide bonds. The summed E-state index contributed by atoms with van der Waals surface area (Å²) in [5.74, 6) is -2.15. The highest BCUT2D eigenvalue weighted by Crippen LogP contribution is 2.48. The molecule has 1 saturated heterocycles. The van der Waals surface area contributed by atoms with Crippen molar-refractivity contribution in [3.8, 4) is 0 Å². The molecule has 4 rings (SSSR count). The van der Waals surface area contributed by atoms with Crippen LogP contribution in [0.1, 0.15) is 17.5 Å². The van der Waals surface area contributed by atoms with Crippen LogP contribution in [0.5, 0.6) is 0 Å². The van der Waals surface area contributed by atoms with Gasteiger partial charge in [0.05, 0.1) is 5.92 Å². The average molecular weight is 353 g/mol.